The molecule has 7 heavy (non-hydrogen) atoms. The van der Waals surface area contributed by atoms with Crippen LogP contribution in [0.25, 0.3) is 0 Å². The smallest absolute Gasteiger partial charge is 0.122 e. The number of hydrogen-bond acceptors (Lipinski definition) is 1. The Labute approximate surface area is 46.6 Å². The van der Waals surface area contributed by atoms with E-state index in [0.717, 1.165) is 6.54 Å². The minimum atomic E-state index is 0.503. The molecule has 1 rings (SSSR count). The third-order valence-electron chi connectivity index (χ3n) is 1.47. The lowest BCUT2D eigenvalue weighted by molar-refractivity contribution is 0.425. The Morgan fingerprint density at radius 2 is 2.57 bits per heavy atom. The van der Waals surface area contributed by atoms with Crippen molar-refractivity contribution in [1.82, 2.24) is 5.31 Å². The second-order valence-corrected chi connectivity index (χ2v) is 2.25. The highest BCUT2D eigenvalue weighted by Crippen LogP contribution is 2.04. The molecular formula is C6H13N. The molecule has 0 aromatic carbocycles. The zero-order valence-electron chi connectivity index (χ0n) is 5.85. The van der Waals surface area contributed by atoms with Gasteiger partial charge in [0.15, 0.2) is 0 Å². The molecule has 0 spiro atoms. The van der Waals surface area contributed by atoms with Gasteiger partial charge in [0, 0.05) is 6.04 Å². The highest BCUT2D eigenvalue weighted by molar-refractivity contribution is 4.65. The molecule has 1 N–H and O–H groups in total. The van der Waals surface area contributed by atoms with Crippen molar-refractivity contribution in [2.45, 2.75) is 32.2 Å². The maximum atomic E-state index is 7.31. The molecule has 42 valence electrons. The summed E-state index contributed by atoms with van der Waals surface area (Å²) in [5, 5.41) is 1.68. The molecule has 0 unspecified atom stereocenters. The second kappa shape index (κ2) is 2.31. The highest BCUT2D eigenvalue weighted by Gasteiger charge is 2.04. The van der Waals surface area contributed by atoms with E-state index in [2.05, 4.69) is 6.92 Å². The van der Waals surface area contributed by atoms with Gasteiger partial charge in [0.05, 0.1) is 0 Å². The molecule has 1 heterocycles. The summed E-state index contributed by atoms with van der Waals surface area (Å²) in [6.45, 7) is 3.09. The van der Waals surface area contributed by atoms with E-state index in [9.17, 15) is 0 Å². The second-order valence-electron chi connectivity index (χ2n) is 2.25. The van der Waals surface area contributed by atoms with Crippen molar-refractivity contribution < 1.29 is 1.41 Å². The summed E-state index contributed by atoms with van der Waals surface area (Å²) in [7, 11) is 0. The van der Waals surface area contributed by atoms with Crippen LogP contribution in [-0.4, -0.2) is 12.6 Å². The van der Waals surface area contributed by atoms with Crippen LogP contribution in [0.2, 0.25) is 1.41 Å². The molecule has 0 saturated carbocycles. The highest BCUT2D eigenvalue weighted by atomic mass is 14.9. The summed E-state index contributed by atoms with van der Waals surface area (Å²) in [6, 6.07) is 0.503. The van der Waals surface area contributed by atoms with Crippen LogP contribution in [0, 0.1) is 0 Å². The monoisotopic (exact) mass is 100 g/mol. The van der Waals surface area contributed by atoms with E-state index in [1.54, 1.807) is 5.31 Å². The summed E-state index contributed by atoms with van der Waals surface area (Å²) < 4.78 is 7.31. The zero-order valence-corrected chi connectivity index (χ0v) is 4.85. The molecule has 1 nitrogen and oxygen atoms in total. The van der Waals surface area contributed by atoms with Gasteiger partial charge < -0.3 is 5.31 Å². The van der Waals surface area contributed by atoms with E-state index in [-0.39, 0.29) is 0 Å². The van der Waals surface area contributed by atoms with Gasteiger partial charge >= 0.3 is 0 Å². The first-order chi connectivity index (χ1) is 3.80. The summed E-state index contributed by atoms with van der Waals surface area (Å²) in [5.41, 5.74) is 0. The Kier molecular flexibility index (Phi) is 1.29. The SMILES string of the molecule is [2H]N1CCCC[C@@H]1C. The molecule has 1 atom stereocenters. The topological polar surface area (TPSA) is 12.0 Å². The number of rotatable bonds is 0. The van der Waals surface area contributed by atoms with E-state index >= 15 is 0 Å². The Balaban J connectivity index is 2.28. The maximum absolute atomic E-state index is 7.31. The number of piperidine rings is 1. The van der Waals surface area contributed by atoms with Gasteiger partial charge in [-0.2, -0.15) is 0 Å². The van der Waals surface area contributed by atoms with Gasteiger partial charge in [-0.3, -0.25) is 0 Å². The zero-order chi connectivity index (χ0) is 5.98. The Morgan fingerprint density at radius 1 is 1.71 bits per heavy atom. The van der Waals surface area contributed by atoms with Crippen molar-refractivity contribution in [3.05, 3.63) is 0 Å². The van der Waals surface area contributed by atoms with Gasteiger partial charge in [-0.1, -0.05) is 6.42 Å². The molecule has 1 saturated heterocycles. The molecule has 0 aromatic heterocycles. The molecule has 0 amide bonds. The fourth-order valence-electron chi connectivity index (χ4n) is 0.955. The van der Waals surface area contributed by atoms with Gasteiger partial charge in [0.25, 0.3) is 0 Å². The predicted octanol–water partition coefficient (Wildman–Crippen LogP) is 1.15. The van der Waals surface area contributed by atoms with Crippen LogP contribution in [0.15, 0.2) is 0 Å². The lowest BCUT2D eigenvalue weighted by Gasteiger charge is -2.18. The van der Waals surface area contributed by atoms with Crippen molar-refractivity contribution in [2.24, 2.45) is 0 Å². The van der Waals surface area contributed by atoms with E-state index < -0.39 is 0 Å². The molecule has 1 fully saturated rings. The first kappa shape index (κ1) is 3.90. The Bertz CT molecular complexity index is 64.9. The molecule has 1 aliphatic rings. The molecular weight excluding hydrogens is 86.1 g/mol. The molecule has 1 aliphatic heterocycles. The minimum absolute atomic E-state index is 0.503. The molecule has 0 aromatic rings. The predicted molar refractivity (Wildman–Crippen MR) is 31.3 cm³/mol. The quantitative estimate of drug-likeness (QED) is 0.481. The number of nitrogens with one attached hydrogen (secondary N) is 1. The molecule has 0 aliphatic carbocycles. The van der Waals surface area contributed by atoms with Crippen LogP contribution in [0.5, 0.6) is 0 Å². The first-order valence-electron chi connectivity index (χ1n) is 3.51. The maximum Gasteiger partial charge on any atom is 0.122 e. The van der Waals surface area contributed by atoms with Crippen LogP contribution in [0.1, 0.15) is 26.2 Å². The summed E-state index contributed by atoms with van der Waals surface area (Å²) >= 11 is 0. The average Bonchev–Trinajstić information content (AvgIpc) is 1.77. The van der Waals surface area contributed by atoms with Crippen molar-refractivity contribution in [1.29, 1.82) is 0 Å². The van der Waals surface area contributed by atoms with Crippen LogP contribution in [0.3, 0.4) is 0 Å². The Morgan fingerprint density at radius 3 is 3.00 bits per heavy atom. The van der Waals surface area contributed by atoms with Crippen molar-refractivity contribution in [3.8, 4) is 0 Å². The number of hydrogen-bond donors (Lipinski definition) is 1. The van der Waals surface area contributed by atoms with Crippen molar-refractivity contribution >= 4 is 0 Å². The summed E-state index contributed by atoms with van der Waals surface area (Å²) in [5.74, 6) is 0. The van der Waals surface area contributed by atoms with E-state index in [4.69, 9.17) is 1.41 Å². The van der Waals surface area contributed by atoms with Crippen molar-refractivity contribution in [3.63, 3.8) is 0 Å². The average molecular weight is 100 g/mol. The first-order valence-corrected chi connectivity index (χ1v) is 3.06. The summed E-state index contributed by atoms with van der Waals surface area (Å²) in [4.78, 5) is 0. The molecule has 1 heteroatoms. The van der Waals surface area contributed by atoms with Crippen LogP contribution in [-0.2, 0) is 0 Å². The van der Waals surface area contributed by atoms with Crippen LogP contribution >= 0.6 is 0 Å². The minimum Gasteiger partial charge on any atom is -0.314 e. The third-order valence-corrected chi connectivity index (χ3v) is 1.47. The fraction of sp³-hybridized carbons (Fsp3) is 1.00. The normalized spacial score (nSPS) is 37.9. The summed E-state index contributed by atoms with van der Waals surface area (Å²) in [6.07, 6.45) is 3.74. The molecule has 0 bridgehead atoms. The van der Waals surface area contributed by atoms with Crippen molar-refractivity contribution in [2.75, 3.05) is 6.54 Å². The lowest BCUT2D eigenvalue weighted by atomic mass is 10.1. The standard InChI is InChI=1S/C6H13N/c1-6-4-2-3-5-7-6/h6-7H,2-5H2,1H3/t6-/m0/s1/i/hD. The van der Waals surface area contributed by atoms with E-state index in [0.29, 0.717) is 6.04 Å². The van der Waals surface area contributed by atoms with E-state index in [1.165, 1.54) is 19.3 Å². The van der Waals surface area contributed by atoms with Gasteiger partial charge in [0.2, 0.25) is 0 Å². The van der Waals surface area contributed by atoms with Gasteiger partial charge in [0.1, 0.15) is 1.41 Å². The van der Waals surface area contributed by atoms with Crippen LogP contribution in [0.4, 0.5) is 0 Å². The van der Waals surface area contributed by atoms with Gasteiger partial charge in [-0.05, 0) is 26.3 Å². The lowest BCUT2D eigenvalue weighted by Crippen LogP contribution is -2.30. The largest absolute Gasteiger partial charge is 0.314 e. The molecule has 0 radical (unpaired) electrons. The Hall–Kier alpha value is -0.0400. The third kappa shape index (κ3) is 1.48. The van der Waals surface area contributed by atoms with E-state index in [1.807, 2.05) is 0 Å². The van der Waals surface area contributed by atoms with Crippen LogP contribution < -0.4 is 5.31 Å². The van der Waals surface area contributed by atoms with Gasteiger partial charge in [-0.25, -0.2) is 0 Å². The fourth-order valence-corrected chi connectivity index (χ4v) is 0.955. The van der Waals surface area contributed by atoms with Gasteiger partial charge in [-0.15, -0.1) is 0 Å².